The molecular formula is C17H15N3O5S2. The average Bonchev–Trinajstić information content (AvgIpc) is 3.25. The number of aromatic nitrogens is 1. The van der Waals surface area contributed by atoms with Gasteiger partial charge in [-0.25, -0.2) is 4.98 Å². The Labute approximate surface area is 163 Å². The number of anilines is 1. The topological polar surface area (TPSA) is 97.8 Å². The molecule has 1 aliphatic heterocycles. The van der Waals surface area contributed by atoms with Crippen LogP contribution in [-0.2, 0) is 9.59 Å². The number of hydrogen-bond donors (Lipinski definition) is 1. The van der Waals surface area contributed by atoms with E-state index in [9.17, 15) is 14.4 Å². The second-order valence-corrected chi connectivity index (χ2v) is 7.16. The molecule has 27 heavy (non-hydrogen) atoms. The molecule has 1 aromatic heterocycles. The van der Waals surface area contributed by atoms with Crippen molar-refractivity contribution in [3.8, 4) is 11.5 Å². The van der Waals surface area contributed by atoms with Crippen LogP contribution in [0.2, 0.25) is 0 Å². The van der Waals surface area contributed by atoms with Crippen LogP contribution in [0.3, 0.4) is 0 Å². The standard InChI is InChI=1S/C17H15N3O5S2/c1-24-11-4-3-10(7-12(11)25-2)8-13-15(22)20(17(23)27-13)9-14(21)19-16-18-5-6-26-16/h3-8H,9H2,1-2H3,(H,18,19,21)/b13-8-. The number of carbonyl (C=O) groups excluding carboxylic acids is 3. The van der Waals surface area contributed by atoms with E-state index in [0.29, 0.717) is 22.2 Å². The molecule has 2 aromatic rings. The Morgan fingerprint density at radius 1 is 1.26 bits per heavy atom. The Morgan fingerprint density at radius 3 is 2.70 bits per heavy atom. The first-order chi connectivity index (χ1) is 13.0. The molecule has 1 fully saturated rings. The number of benzene rings is 1. The Kier molecular flexibility index (Phi) is 5.77. The third kappa shape index (κ3) is 4.29. The Hall–Kier alpha value is -2.85. The maximum Gasteiger partial charge on any atom is 0.294 e. The number of rotatable bonds is 6. The molecule has 1 aliphatic rings. The van der Waals surface area contributed by atoms with Gasteiger partial charge in [0.2, 0.25) is 5.91 Å². The lowest BCUT2D eigenvalue weighted by atomic mass is 10.2. The van der Waals surface area contributed by atoms with E-state index in [4.69, 9.17) is 9.47 Å². The van der Waals surface area contributed by atoms with Gasteiger partial charge in [-0.2, -0.15) is 0 Å². The van der Waals surface area contributed by atoms with Crippen molar-refractivity contribution in [3.05, 3.63) is 40.2 Å². The van der Waals surface area contributed by atoms with Gasteiger partial charge in [-0.05, 0) is 35.5 Å². The maximum absolute atomic E-state index is 12.5. The molecular weight excluding hydrogens is 390 g/mol. The highest BCUT2D eigenvalue weighted by Crippen LogP contribution is 2.34. The fraction of sp³-hybridized carbons (Fsp3) is 0.176. The van der Waals surface area contributed by atoms with Crippen molar-refractivity contribution in [2.75, 3.05) is 26.1 Å². The highest BCUT2D eigenvalue weighted by atomic mass is 32.2. The molecule has 3 amide bonds. The third-order valence-corrected chi connectivity index (χ3v) is 5.16. The fourth-order valence-corrected chi connectivity index (χ4v) is 3.70. The summed E-state index contributed by atoms with van der Waals surface area (Å²) < 4.78 is 10.4. The van der Waals surface area contributed by atoms with Gasteiger partial charge in [0.1, 0.15) is 6.54 Å². The Morgan fingerprint density at radius 2 is 2.04 bits per heavy atom. The zero-order valence-corrected chi connectivity index (χ0v) is 16.1. The largest absolute Gasteiger partial charge is 0.493 e. The summed E-state index contributed by atoms with van der Waals surface area (Å²) in [6.07, 6.45) is 3.12. The van der Waals surface area contributed by atoms with Crippen molar-refractivity contribution in [1.82, 2.24) is 9.88 Å². The van der Waals surface area contributed by atoms with E-state index in [2.05, 4.69) is 10.3 Å². The molecule has 8 nitrogen and oxygen atoms in total. The van der Waals surface area contributed by atoms with E-state index in [-0.39, 0.29) is 11.4 Å². The van der Waals surface area contributed by atoms with Crippen LogP contribution in [0.5, 0.6) is 11.5 Å². The second kappa shape index (κ2) is 8.23. The van der Waals surface area contributed by atoms with Gasteiger partial charge in [-0.3, -0.25) is 19.3 Å². The van der Waals surface area contributed by atoms with E-state index in [1.807, 2.05) is 0 Å². The minimum atomic E-state index is -0.519. The van der Waals surface area contributed by atoms with E-state index in [1.165, 1.54) is 25.6 Å². The van der Waals surface area contributed by atoms with Crippen molar-refractivity contribution in [3.63, 3.8) is 0 Å². The average molecular weight is 405 g/mol. The summed E-state index contributed by atoms with van der Waals surface area (Å²) in [5.74, 6) is 0.0589. The van der Waals surface area contributed by atoms with Crippen LogP contribution in [-0.4, -0.2) is 47.7 Å². The SMILES string of the molecule is COc1ccc(/C=C2\SC(=O)N(CC(=O)Nc3nccs3)C2=O)cc1OC. The highest BCUT2D eigenvalue weighted by Gasteiger charge is 2.36. The number of hydrogen-bond acceptors (Lipinski definition) is 8. The summed E-state index contributed by atoms with van der Waals surface area (Å²) in [6.45, 7) is -0.368. The van der Waals surface area contributed by atoms with Crippen LogP contribution in [0.15, 0.2) is 34.7 Å². The first-order valence-electron chi connectivity index (χ1n) is 7.68. The molecule has 0 unspecified atom stereocenters. The van der Waals surface area contributed by atoms with Crippen LogP contribution in [0.4, 0.5) is 9.93 Å². The molecule has 0 bridgehead atoms. The number of nitrogens with one attached hydrogen (secondary N) is 1. The molecule has 140 valence electrons. The quantitative estimate of drug-likeness (QED) is 0.738. The molecule has 0 spiro atoms. The van der Waals surface area contributed by atoms with Crippen LogP contribution in [0, 0.1) is 0 Å². The molecule has 2 heterocycles. The van der Waals surface area contributed by atoms with Gasteiger partial charge >= 0.3 is 0 Å². The van der Waals surface area contributed by atoms with Gasteiger partial charge in [0, 0.05) is 11.6 Å². The lowest BCUT2D eigenvalue weighted by Gasteiger charge is -2.11. The fourth-order valence-electron chi connectivity index (χ4n) is 2.32. The summed E-state index contributed by atoms with van der Waals surface area (Å²) in [5.41, 5.74) is 0.672. The number of carbonyl (C=O) groups is 3. The van der Waals surface area contributed by atoms with Crippen molar-refractivity contribution in [2.24, 2.45) is 0 Å². The van der Waals surface area contributed by atoms with Gasteiger partial charge in [-0.1, -0.05) is 6.07 Å². The van der Waals surface area contributed by atoms with E-state index >= 15 is 0 Å². The predicted molar refractivity (Wildman–Crippen MR) is 103 cm³/mol. The molecule has 1 saturated heterocycles. The predicted octanol–water partition coefficient (Wildman–Crippen LogP) is 2.84. The first kappa shape index (κ1) is 18.9. The summed E-state index contributed by atoms with van der Waals surface area (Å²) in [4.78, 5) is 41.7. The molecule has 1 N–H and O–H groups in total. The summed E-state index contributed by atoms with van der Waals surface area (Å²) in [6, 6.07) is 5.14. The first-order valence-corrected chi connectivity index (χ1v) is 9.38. The number of thiazole rings is 1. The van der Waals surface area contributed by atoms with Crippen molar-refractivity contribution in [1.29, 1.82) is 0 Å². The molecule has 0 radical (unpaired) electrons. The van der Waals surface area contributed by atoms with Crippen molar-refractivity contribution >= 4 is 51.4 Å². The summed E-state index contributed by atoms with van der Waals surface area (Å²) in [7, 11) is 3.04. The number of ether oxygens (including phenoxy) is 2. The molecule has 0 saturated carbocycles. The van der Waals surface area contributed by atoms with Crippen LogP contribution >= 0.6 is 23.1 Å². The molecule has 3 rings (SSSR count). The zero-order valence-electron chi connectivity index (χ0n) is 14.4. The van der Waals surface area contributed by atoms with Gasteiger partial charge in [-0.15, -0.1) is 11.3 Å². The van der Waals surface area contributed by atoms with Gasteiger partial charge < -0.3 is 14.8 Å². The number of amides is 3. The van der Waals surface area contributed by atoms with Crippen LogP contribution < -0.4 is 14.8 Å². The summed E-state index contributed by atoms with van der Waals surface area (Å²) >= 11 is 2.03. The summed E-state index contributed by atoms with van der Waals surface area (Å²) in [5, 5.41) is 4.17. The normalized spacial score (nSPS) is 15.3. The highest BCUT2D eigenvalue weighted by molar-refractivity contribution is 8.18. The van der Waals surface area contributed by atoms with Gasteiger partial charge in [0.05, 0.1) is 19.1 Å². The van der Waals surface area contributed by atoms with Crippen molar-refractivity contribution < 1.29 is 23.9 Å². The number of methoxy groups -OCH3 is 2. The van der Waals surface area contributed by atoms with E-state index < -0.39 is 17.1 Å². The lowest BCUT2D eigenvalue weighted by molar-refractivity contribution is -0.127. The minimum Gasteiger partial charge on any atom is -0.493 e. The molecule has 1 aromatic carbocycles. The second-order valence-electron chi connectivity index (χ2n) is 5.27. The lowest BCUT2D eigenvalue weighted by Crippen LogP contribution is -2.36. The number of nitrogens with zero attached hydrogens (tertiary/aromatic N) is 2. The van der Waals surface area contributed by atoms with Gasteiger partial charge in [0.25, 0.3) is 11.1 Å². The smallest absolute Gasteiger partial charge is 0.294 e. The Bertz CT molecular complexity index is 911. The van der Waals surface area contributed by atoms with Crippen LogP contribution in [0.1, 0.15) is 5.56 Å². The van der Waals surface area contributed by atoms with Crippen LogP contribution in [0.25, 0.3) is 6.08 Å². The maximum atomic E-state index is 12.5. The zero-order chi connectivity index (χ0) is 19.4. The Balaban J connectivity index is 1.73. The third-order valence-electron chi connectivity index (χ3n) is 3.56. The van der Waals surface area contributed by atoms with Gasteiger partial charge in [0.15, 0.2) is 16.6 Å². The number of imide groups is 1. The van der Waals surface area contributed by atoms with Crippen molar-refractivity contribution in [2.45, 2.75) is 0 Å². The van der Waals surface area contributed by atoms with E-state index in [0.717, 1.165) is 16.7 Å². The monoisotopic (exact) mass is 405 g/mol. The number of thioether (sulfide) groups is 1. The molecule has 0 aliphatic carbocycles. The molecule has 10 heteroatoms. The minimum absolute atomic E-state index is 0.231. The molecule has 0 atom stereocenters. The van der Waals surface area contributed by atoms with E-state index in [1.54, 1.807) is 35.9 Å².